The van der Waals surface area contributed by atoms with Gasteiger partial charge in [0.05, 0.1) is 28.3 Å². The molecule has 0 spiro atoms. The second-order valence-electron chi connectivity index (χ2n) is 9.56. The van der Waals surface area contributed by atoms with E-state index in [2.05, 4.69) is 25.6 Å². The third-order valence-electron chi connectivity index (χ3n) is 4.66. The molecule has 2 aromatic carbocycles. The summed E-state index contributed by atoms with van der Waals surface area (Å²) in [5.41, 5.74) is 3.59. The van der Waals surface area contributed by atoms with Crippen LogP contribution in [0.2, 0.25) is 0 Å². The highest BCUT2D eigenvalue weighted by atomic mass is 16.3. The molecule has 0 aliphatic carbocycles. The van der Waals surface area contributed by atoms with Gasteiger partial charge in [-0.25, -0.2) is 4.68 Å². The first-order valence-electron chi connectivity index (χ1n) is 10.3. The molecule has 0 fully saturated rings. The Morgan fingerprint density at radius 1 is 0.806 bits per heavy atom. The maximum Gasteiger partial charge on any atom is 0.238 e. The van der Waals surface area contributed by atoms with Gasteiger partial charge in [-0.1, -0.05) is 39.0 Å². The minimum Gasteiger partial charge on any atom is -0.492 e. The fraction of sp³-hybridized carbons (Fsp3) is 0.375. The fourth-order valence-corrected chi connectivity index (χ4v) is 2.99. The van der Waals surface area contributed by atoms with E-state index in [1.807, 2.05) is 97.0 Å². The lowest BCUT2D eigenvalue weighted by Crippen LogP contribution is -2.24. The summed E-state index contributed by atoms with van der Waals surface area (Å²) in [7, 11) is 0. The van der Waals surface area contributed by atoms with Gasteiger partial charge in [-0.2, -0.15) is 20.4 Å². The van der Waals surface area contributed by atoms with Crippen LogP contribution in [0.5, 0.6) is 5.88 Å². The Morgan fingerprint density at radius 3 is 2.03 bits per heavy atom. The molecule has 0 aliphatic heterocycles. The van der Waals surface area contributed by atoms with Crippen molar-refractivity contribution in [2.24, 2.45) is 20.5 Å². The molecule has 0 unspecified atom stereocenters. The molecule has 3 aromatic rings. The normalized spacial score (nSPS) is 12.9. The number of rotatable bonds is 4. The molecule has 162 valence electrons. The van der Waals surface area contributed by atoms with Crippen LogP contribution < -0.4 is 0 Å². The summed E-state index contributed by atoms with van der Waals surface area (Å²) >= 11 is 0. The van der Waals surface area contributed by atoms with Gasteiger partial charge in [-0.05, 0) is 63.6 Å². The van der Waals surface area contributed by atoms with Gasteiger partial charge in [-0.3, -0.25) is 0 Å². The molecule has 0 bridgehead atoms. The van der Waals surface area contributed by atoms with Crippen molar-refractivity contribution in [2.45, 2.75) is 59.4 Å². The zero-order valence-electron chi connectivity index (χ0n) is 19.2. The van der Waals surface area contributed by atoms with Crippen LogP contribution in [0, 0.1) is 6.92 Å². The molecule has 1 aromatic heterocycles. The molecule has 7 heteroatoms. The number of aromatic nitrogens is 2. The van der Waals surface area contributed by atoms with Crippen LogP contribution in [0.4, 0.5) is 22.7 Å². The average molecular weight is 419 g/mol. The molecule has 0 aliphatic rings. The van der Waals surface area contributed by atoms with Crippen LogP contribution in [0.1, 0.15) is 52.8 Å². The van der Waals surface area contributed by atoms with E-state index in [9.17, 15) is 5.11 Å². The third kappa shape index (κ3) is 5.23. The highest BCUT2D eigenvalue weighted by Crippen LogP contribution is 2.41. The summed E-state index contributed by atoms with van der Waals surface area (Å²) in [5.74, 6) is 0.0196. The first kappa shape index (κ1) is 22.3. The Morgan fingerprint density at radius 2 is 1.45 bits per heavy atom. The Kier molecular flexibility index (Phi) is 6.06. The van der Waals surface area contributed by atoms with Crippen molar-refractivity contribution in [3.05, 3.63) is 59.8 Å². The van der Waals surface area contributed by atoms with Crippen LogP contribution in [-0.2, 0) is 11.0 Å². The zero-order valence-corrected chi connectivity index (χ0v) is 19.2. The van der Waals surface area contributed by atoms with Crippen molar-refractivity contribution >= 4 is 22.7 Å². The Balaban J connectivity index is 1.91. The predicted molar refractivity (Wildman–Crippen MR) is 124 cm³/mol. The molecule has 31 heavy (non-hydrogen) atoms. The lowest BCUT2D eigenvalue weighted by atomic mass is 9.91. The summed E-state index contributed by atoms with van der Waals surface area (Å²) in [4.78, 5) is 0. The summed E-state index contributed by atoms with van der Waals surface area (Å²) < 4.78 is 1.60. The molecular formula is C24H30N6O. The number of aryl methyl sites for hydroxylation is 1. The molecule has 1 N–H and O–H groups in total. The van der Waals surface area contributed by atoms with Crippen LogP contribution in [0.3, 0.4) is 0 Å². The number of nitrogens with zero attached hydrogens (tertiary/aromatic N) is 6. The molecule has 3 rings (SSSR count). The lowest BCUT2D eigenvalue weighted by Gasteiger charge is -2.20. The van der Waals surface area contributed by atoms with Crippen LogP contribution in [0.15, 0.2) is 69.0 Å². The molecular weight excluding hydrogens is 388 g/mol. The first-order chi connectivity index (χ1) is 14.5. The van der Waals surface area contributed by atoms with Crippen molar-refractivity contribution < 1.29 is 5.11 Å². The van der Waals surface area contributed by atoms with E-state index in [4.69, 9.17) is 0 Å². The topological polar surface area (TPSA) is 87.5 Å². The quantitative estimate of drug-likeness (QED) is 0.438. The van der Waals surface area contributed by atoms with Crippen molar-refractivity contribution in [1.29, 1.82) is 0 Å². The van der Waals surface area contributed by atoms with Crippen molar-refractivity contribution in [1.82, 2.24) is 9.78 Å². The molecule has 0 saturated carbocycles. The molecule has 0 radical (unpaired) electrons. The molecule has 7 nitrogen and oxygen atoms in total. The Hall–Kier alpha value is -3.35. The van der Waals surface area contributed by atoms with Gasteiger partial charge in [0.1, 0.15) is 0 Å². The number of benzene rings is 2. The lowest BCUT2D eigenvalue weighted by molar-refractivity contribution is 0.292. The fourth-order valence-electron chi connectivity index (χ4n) is 2.99. The molecule has 0 atom stereocenters. The van der Waals surface area contributed by atoms with Gasteiger partial charge < -0.3 is 5.11 Å². The third-order valence-corrected chi connectivity index (χ3v) is 4.66. The number of hydrogen-bond donors (Lipinski definition) is 1. The number of azo groups is 2. The van der Waals surface area contributed by atoms with Gasteiger partial charge in [0.15, 0.2) is 5.69 Å². The van der Waals surface area contributed by atoms with E-state index in [1.165, 1.54) is 0 Å². The van der Waals surface area contributed by atoms with Gasteiger partial charge in [-0.15, -0.1) is 5.11 Å². The average Bonchev–Trinajstić information content (AvgIpc) is 3.03. The van der Waals surface area contributed by atoms with Gasteiger partial charge in [0, 0.05) is 5.41 Å². The second-order valence-corrected chi connectivity index (χ2v) is 9.56. The number of aromatic hydroxyl groups is 1. The maximum absolute atomic E-state index is 10.8. The Labute approximate surface area is 183 Å². The minimum atomic E-state index is -0.375. The highest BCUT2D eigenvalue weighted by molar-refractivity contribution is 5.56. The van der Waals surface area contributed by atoms with E-state index in [-0.39, 0.29) is 16.8 Å². The summed E-state index contributed by atoms with van der Waals surface area (Å²) in [6.45, 7) is 14.0. The van der Waals surface area contributed by atoms with Crippen LogP contribution >= 0.6 is 0 Å². The van der Waals surface area contributed by atoms with Gasteiger partial charge in [0.25, 0.3) is 0 Å². The molecule has 1 heterocycles. The summed E-state index contributed by atoms with van der Waals surface area (Å²) in [5, 5.41) is 32.8. The van der Waals surface area contributed by atoms with Crippen molar-refractivity contribution in [3.8, 4) is 5.88 Å². The van der Waals surface area contributed by atoms with Crippen LogP contribution in [0.25, 0.3) is 0 Å². The zero-order chi connectivity index (χ0) is 22.8. The van der Waals surface area contributed by atoms with E-state index < -0.39 is 0 Å². The molecule has 0 amide bonds. The van der Waals surface area contributed by atoms with E-state index in [0.29, 0.717) is 17.1 Å². The van der Waals surface area contributed by atoms with E-state index in [1.54, 1.807) is 4.68 Å². The van der Waals surface area contributed by atoms with Gasteiger partial charge >= 0.3 is 0 Å². The van der Waals surface area contributed by atoms with Crippen molar-refractivity contribution in [2.75, 3.05) is 0 Å². The van der Waals surface area contributed by atoms with Crippen LogP contribution in [-0.4, -0.2) is 14.9 Å². The monoisotopic (exact) mass is 418 g/mol. The predicted octanol–water partition coefficient (Wildman–Crippen LogP) is 7.78. The second kappa shape index (κ2) is 8.41. The van der Waals surface area contributed by atoms with E-state index >= 15 is 0 Å². The summed E-state index contributed by atoms with van der Waals surface area (Å²) in [6.07, 6.45) is 0. The molecule has 0 saturated heterocycles. The smallest absolute Gasteiger partial charge is 0.238 e. The highest BCUT2D eigenvalue weighted by Gasteiger charge is 2.30. The first-order valence-corrected chi connectivity index (χ1v) is 10.3. The van der Waals surface area contributed by atoms with E-state index in [0.717, 1.165) is 16.9 Å². The largest absolute Gasteiger partial charge is 0.492 e. The maximum atomic E-state index is 10.8. The Bertz CT molecular complexity index is 1120. The van der Waals surface area contributed by atoms with Gasteiger partial charge in [0.2, 0.25) is 5.88 Å². The summed E-state index contributed by atoms with van der Waals surface area (Å²) in [6, 6.07) is 15.2. The SMILES string of the molecule is Cc1cc(/N=N/c2c(C(C)(C)C)nn(C(C)(C)C)c2O)ccc1/N=N/c1ccccc1. The number of hydrogen-bond acceptors (Lipinski definition) is 6. The van der Waals surface area contributed by atoms with Crippen molar-refractivity contribution in [3.63, 3.8) is 0 Å². The minimum absolute atomic E-state index is 0.0196. The standard InChI is InChI=1S/C24H30N6O/c1-16-15-18(13-14-19(16)27-25-17-11-9-8-10-12-17)26-28-20-21(23(2,3)4)29-30(22(20)31)24(5,6)7/h8-15,31H,1-7H3/b27-25+,28-26+.